The maximum atomic E-state index is 7.28. The summed E-state index contributed by atoms with van der Waals surface area (Å²) in [6.45, 7) is 2.06. The molecule has 0 amide bonds. The second-order valence-corrected chi connectivity index (χ2v) is 15.8. The Balaban J connectivity index is 1.10. The molecule has 0 aliphatic carbocycles. The highest BCUT2D eigenvalue weighted by Gasteiger charge is 2.56. The van der Waals surface area contributed by atoms with Crippen molar-refractivity contribution in [2.45, 2.75) is 101 Å². The van der Waals surface area contributed by atoms with Crippen LogP contribution in [0.5, 0.6) is 0 Å². The molecule has 9 rings (SSSR count). The summed E-state index contributed by atoms with van der Waals surface area (Å²) in [4.78, 5) is 0. The molecule has 0 aromatic heterocycles. The molecule has 0 N–H and O–H groups in total. The lowest BCUT2D eigenvalue weighted by molar-refractivity contribution is -0.396. The zero-order valence-corrected chi connectivity index (χ0v) is 34.4. The van der Waals surface area contributed by atoms with Crippen LogP contribution >= 0.6 is 0 Å². The first-order chi connectivity index (χ1) is 30.2. The number of hydrogen-bond acceptors (Lipinski definition) is 11. The molecule has 5 aromatic carbocycles. The molecule has 5 aromatic rings. The van der Waals surface area contributed by atoms with Crippen LogP contribution in [-0.4, -0.2) is 88.3 Å². The first kappa shape index (κ1) is 42.0. The van der Waals surface area contributed by atoms with Crippen LogP contribution in [0.3, 0.4) is 0 Å². The van der Waals surface area contributed by atoms with E-state index in [2.05, 4.69) is 24.3 Å². The zero-order chi connectivity index (χ0) is 41.2. The van der Waals surface area contributed by atoms with E-state index in [9.17, 15) is 0 Å². The van der Waals surface area contributed by atoms with Gasteiger partial charge in [0.25, 0.3) is 0 Å². The molecule has 0 spiro atoms. The van der Waals surface area contributed by atoms with Gasteiger partial charge in [-0.2, -0.15) is 0 Å². The van der Waals surface area contributed by atoms with Gasteiger partial charge in [-0.15, -0.1) is 0 Å². The maximum Gasteiger partial charge on any atom is 0.187 e. The third-order valence-electron chi connectivity index (χ3n) is 11.6. The molecule has 4 aliphatic heterocycles. The van der Waals surface area contributed by atoms with E-state index < -0.39 is 67.7 Å². The summed E-state index contributed by atoms with van der Waals surface area (Å²) in [6, 6.07) is 48.4. The molecule has 4 bridgehead atoms. The largest absolute Gasteiger partial charge is 0.378 e. The van der Waals surface area contributed by atoms with Crippen molar-refractivity contribution in [3.63, 3.8) is 0 Å². The smallest absolute Gasteiger partial charge is 0.187 e. The van der Waals surface area contributed by atoms with E-state index in [0.717, 1.165) is 33.4 Å². The van der Waals surface area contributed by atoms with Crippen LogP contribution in [0.4, 0.5) is 0 Å². The summed E-state index contributed by atoms with van der Waals surface area (Å²) in [6.07, 6.45) is -7.12. The Morgan fingerprint density at radius 3 is 1.75 bits per heavy atom. The molecule has 11 heteroatoms. The van der Waals surface area contributed by atoms with Gasteiger partial charge in [0, 0.05) is 12.7 Å². The summed E-state index contributed by atoms with van der Waals surface area (Å²) in [7, 11) is 1.62. The monoisotopic (exact) mass is 830 g/mol. The Morgan fingerprint density at radius 2 is 1.10 bits per heavy atom. The summed E-state index contributed by atoms with van der Waals surface area (Å²) in [5.41, 5.74) is 6.04. The average molecular weight is 831 g/mol. The van der Waals surface area contributed by atoms with E-state index in [1.807, 2.05) is 121 Å². The topological polar surface area (TPSA) is 102 Å². The number of ether oxygens (including phenoxy) is 11. The lowest BCUT2D eigenvalue weighted by atomic mass is 9.95. The van der Waals surface area contributed by atoms with Gasteiger partial charge in [0.05, 0.1) is 46.2 Å². The quantitative estimate of drug-likeness (QED) is 0.132. The predicted molar refractivity (Wildman–Crippen MR) is 224 cm³/mol. The standard InChI is InChI=1S/C50H54O11/c1-51-49-46(55-29-36-17-8-3-9-18-36)44(53-28-35-15-6-2-7-16-35)42-40(58-49)32-52-26-25-34-21-14-22-38(27-34)31-54-45-43-41(33-57-48(60-43)39-23-12-5-13-24-39)59-50(61-42)47(45)56-30-37-19-10-4-11-20-37/h2-24,27,40-50H,25-26,28-33H2,1H3/t40-,41-,42-,43-,44+,45+,46-,47-,48-,49+,50-/m1/s1. The highest BCUT2D eigenvalue weighted by Crippen LogP contribution is 2.40. The third kappa shape index (κ3) is 10.5. The van der Waals surface area contributed by atoms with Crippen molar-refractivity contribution >= 4 is 0 Å². The van der Waals surface area contributed by atoms with Gasteiger partial charge >= 0.3 is 0 Å². The van der Waals surface area contributed by atoms with Crippen LogP contribution in [0, 0.1) is 0 Å². The van der Waals surface area contributed by atoms with E-state index in [0.29, 0.717) is 26.2 Å². The Morgan fingerprint density at radius 1 is 0.508 bits per heavy atom. The summed E-state index contributed by atoms with van der Waals surface area (Å²) >= 11 is 0. The molecule has 3 saturated heterocycles. The number of fused-ring (bicyclic) bond motifs is 7. The lowest BCUT2D eigenvalue weighted by Gasteiger charge is -2.51. The van der Waals surface area contributed by atoms with Gasteiger partial charge in [-0.05, 0) is 34.2 Å². The van der Waals surface area contributed by atoms with Crippen molar-refractivity contribution in [1.29, 1.82) is 0 Å². The van der Waals surface area contributed by atoms with Crippen LogP contribution in [0.1, 0.15) is 39.7 Å². The predicted octanol–water partition coefficient (Wildman–Crippen LogP) is 7.50. The molecule has 320 valence electrons. The minimum atomic E-state index is -0.986. The van der Waals surface area contributed by atoms with E-state index in [1.165, 1.54) is 0 Å². The first-order valence-electron chi connectivity index (χ1n) is 21.2. The average Bonchev–Trinajstić information content (AvgIpc) is 3.32. The lowest BCUT2D eigenvalue weighted by Crippen LogP contribution is -2.67. The van der Waals surface area contributed by atoms with Crippen LogP contribution in [0.2, 0.25) is 0 Å². The molecule has 4 heterocycles. The Labute approximate surface area is 357 Å². The summed E-state index contributed by atoms with van der Waals surface area (Å²) in [5, 5.41) is 0. The van der Waals surface area contributed by atoms with Crippen molar-refractivity contribution in [1.82, 2.24) is 0 Å². The summed E-state index contributed by atoms with van der Waals surface area (Å²) < 4.78 is 74.2. The van der Waals surface area contributed by atoms with Gasteiger partial charge in [-0.25, -0.2) is 0 Å². The van der Waals surface area contributed by atoms with Crippen molar-refractivity contribution in [2.24, 2.45) is 0 Å². The highest BCUT2D eigenvalue weighted by molar-refractivity contribution is 5.24. The SMILES string of the molecule is CO[C@H]1O[C@@H]2COCCc3cccc(c3)CO[C@@H]3[C@@H](OCc4ccccc4)[C@@H](O[C@H]2[C@H](OCc2ccccc2)[C@H]1OCc1ccccc1)O[C@@H]1CO[C@@H](c2ccccc2)O[C@@H]31. The Kier molecular flexibility index (Phi) is 14.2. The number of methoxy groups -OCH3 is 1. The van der Waals surface area contributed by atoms with Crippen LogP contribution in [-0.2, 0) is 85.0 Å². The van der Waals surface area contributed by atoms with Gasteiger partial charge in [-0.3, -0.25) is 0 Å². The van der Waals surface area contributed by atoms with Crippen LogP contribution < -0.4 is 0 Å². The molecule has 11 nitrogen and oxygen atoms in total. The highest BCUT2D eigenvalue weighted by atomic mass is 16.8. The second kappa shape index (κ2) is 20.7. The third-order valence-corrected chi connectivity index (χ3v) is 11.6. The molecule has 0 radical (unpaired) electrons. The van der Waals surface area contributed by atoms with Crippen molar-refractivity contribution < 1.29 is 52.1 Å². The van der Waals surface area contributed by atoms with Crippen LogP contribution in [0.15, 0.2) is 146 Å². The van der Waals surface area contributed by atoms with E-state index in [4.69, 9.17) is 52.1 Å². The molecule has 0 unspecified atom stereocenters. The van der Waals surface area contributed by atoms with E-state index >= 15 is 0 Å². The number of hydrogen-bond donors (Lipinski definition) is 0. The second-order valence-electron chi connectivity index (χ2n) is 15.8. The fourth-order valence-corrected chi connectivity index (χ4v) is 8.45. The molecule has 61 heavy (non-hydrogen) atoms. The summed E-state index contributed by atoms with van der Waals surface area (Å²) in [5.74, 6) is 0. The van der Waals surface area contributed by atoms with E-state index in [1.54, 1.807) is 7.11 Å². The number of rotatable bonds is 11. The Bertz CT molecular complexity index is 2060. The fraction of sp³-hybridized carbons (Fsp3) is 0.400. The molecule has 0 saturated carbocycles. The van der Waals surface area contributed by atoms with Crippen molar-refractivity contribution in [3.8, 4) is 0 Å². The van der Waals surface area contributed by atoms with Gasteiger partial charge in [0.1, 0.15) is 48.8 Å². The van der Waals surface area contributed by atoms with Gasteiger partial charge < -0.3 is 52.1 Å². The molecule has 11 atom stereocenters. The van der Waals surface area contributed by atoms with Gasteiger partial charge in [0.15, 0.2) is 18.9 Å². The minimum Gasteiger partial charge on any atom is -0.378 e. The van der Waals surface area contributed by atoms with E-state index in [-0.39, 0.29) is 26.4 Å². The molecule has 4 aliphatic rings. The first-order valence-corrected chi connectivity index (χ1v) is 21.2. The minimum absolute atomic E-state index is 0.194. The normalized spacial score (nSPS) is 30.5. The maximum absolute atomic E-state index is 7.28. The van der Waals surface area contributed by atoms with Crippen molar-refractivity contribution in [2.75, 3.05) is 26.9 Å². The van der Waals surface area contributed by atoms with Crippen LogP contribution in [0.25, 0.3) is 0 Å². The molecular weight excluding hydrogens is 777 g/mol. The Hall–Kier alpha value is -4.34. The number of benzene rings is 5. The fourth-order valence-electron chi connectivity index (χ4n) is 8.45. The van der Waals surface area contributed by atoms with Gasteiger partial charge in [-0.1, -0.05) is 146 Å². The molecule has 3 fully saturated rings. The zero-order valence-electron chi connectivity index (χ0n) is 34.4. The van der Waals surface area contributed by atoms with Gasteiger partial charge in [0.2, 0.25) is 0 Å². The van der Waals surface area contributed by atoms with Crippen molar-refractivity contribution in [3.05, 3.63) is 179 Å². The molecular formula is C50H54O11.